The van der Waals surface area contributed by atoms with E-state index in [1.165, 1.54) is 11.1 Å². The van der Waals surface area contributed by atoms with Gasteiger partial charge in [-0.3, -0.25) is 4.90 Å². The van der Waals surface area contributed by atoms with Gasteiger partial charge in [0.05, 0.1) is 13.7 Å². The Hall–Kier alpha value is -2.04. The van der Waals surface area contributed by atoms with Crippen molar-refractivity contribution in [1.82, 2.24) is 4.90 Å². The summed E-state index contributed by atoms with van der Waals surface area (Å²) in [6.45, 7) is 5.84. The zero-order valence-corrected chi connectivity index (χ0v) is 16.5. The van der Waals surface area contributed by atoms with E-state index in [9.17, 15) is 5.11 Å². The molecule has 2 aromatic rings. The van der Waals surface area contributed by atoms with E-state index in [-0.39, 0.29) is 12.0 Å². The van der Waals surface area contributed by atoms with Gasteiger partial charge in [-0.1, -0.05) is 30.3 Å². The fourth-order valence-electron chi connectivity index (χ4n) is 3.92. The van der Waals surface area contributed by atoms with Gasteiger partial charge in [0.1, 0.15) is 11.5 Å². The molecule has 0 spiro atoms. The van der Waals surface area contributed by atoms with Crippen molar-refractivity contribution in [2.75, 3.05) is 33.4 Å². The first-order valence-corrected chi connectivity index (χ1v) is 9.85. The van der Waals surface area contributed by atoms with Crippen molar-refractivity contribution < 1.29 is 14.6 Å². The number of aliphatic hydroxyl groups excluding tert-OH is 1. The van der Waals surface area contributed by atoms with Gasteiger partial charge in [-0.15, -0.1) is 0 Å². The molecule has 0 aromatic heterocycles. The first-order valence-electron chi connectivity index (χ1n) is 9.85. The van der Waals surface area contributed by atoms with Gasteiger partial charge in [-0.2, -0.15) is 0 Å². The van der Waals surface area contributed by atoms with E-state index in [1.54, 1.807) is 7.11 Å². The van der Waals surface area contributed by atoms with E-state index in [1.807, 2.05) is 31.2 Å². The number of nitrogens with zero attached hydrogens (tertiary/aromatic N) is 1. The lowest BCUT2D eigenvalue weighted by Crippen LogP contribution is -2.42. The van der Waals surface area contributed by atoms with Gasteiger partial charge in [-0.25, -0.2) is 0 Å². The number of ether oxygens (including phenoxy) is 2. The van der Waals surface area contributed by atoms with Gasteiger partial charge in [0.15, 0.2) is 0 Å². The van der Waals surface area contributed by atoms with E-state index in [0.29, 0.717) is 6.61 Å². The SMILES string of the molecule is CCOc1ccccc1CN1CCC(CO)(Cc2ccc(OC)cc2)CC1. The molecule has 0 saturated carbocycles. The van der Waals surface area contributed by atoms with Gasteiger partial charge < -0.3 is 14.6 Å². The Morgan fingerprint density at radius 1 is 1.04 bits per heavy atom. The third-order valence-corrected chi connectivity index (χ3v) is 5.66. The minimum absolute atomic E-state index is 0.0233. The highest BCUT2D eigenvalue weighted by molar-refractivity contribution is 5.33. The number of methoxy groups -OCH3 is 1. The summed E-state index contributed by atoms with van der Waals surface area (Å²) in [5, 5.41) is 10.1. The van der Waals surface area contributed by atoms with Crippen LogP contribution in [0.3, 0.4) is 0 Å². The standard InChI is InChI=1S/C23H31NO3/c1-3-27-22-7-5-4-6-20(22)17-24-14-12-23(18-25,13-15-24)16-19-8-10-21(26-2)11-9-19/h4-11,25H,3,12-18H2,1-2H3. The molecule has 1 aliphatic heterocycles. The molecule has 146 valence electrons. The number of hydrogen-bond acceptors (Lipinski definition) is 4. The van der Waals surface area contributed by atoms with Crippen LogP contribution in [0.15, 0.2) is 48.5 Å². The Bertz CT molecular complexity index is 706. The van der Waals surface area contributed by atoms with Crippen LogP contribution in [-0.4, -0.2) is 43.4 Å². The van der Waals surface area contributed by atoms with Crippen molar-refractivity contribution >= 4 is 0 Å². The molecular formula is C23H31NO3. The normalized spacial score (nSPS) is 16.9. The van der Waals surface area contributed by atoms with Crippen LogP contribution in [0.2, 0.25) is 0 Å². The van der Waals surface area contributed by atoms with Crippen LogP contribution in [0.5, 0.6) is 11.5 Å². The number of aliphatic hydroxyl groups is 1. The summed E-state index contributed by atoms with van der Waals surface area (Å²) in [7, 11) is 1.68. The Morgan fingerprint density at radius 3 is 2.37 bits per heavy atom. The molecule has 0 atom stereocenters. The van der Waals surface area contributed by atoms with E-state index in [4.69, 9.17) is 9.47 Å². The molecule has 0 radical (unpaired) electrons. The molecule has 1 fully saturated rings. The minimum atomic E-state index is -0.0233. The topological polar surface area (TPSA) is 41.9 Å². The van der Waals surface area contributed by atoms with Crippen molar-refractivity contribution in [1.29, 1.82) is 0 Å². The first-order chi connectivity index (χ1) is 13.2. The van der Waals surface area contributed by atoms with Gasteiger partial charge in [0.2, 0.25) is 0 Å². The molecule has 4 nitrogen and oxygen atoms in total. The summed E-state index contributed by atoms with van der Waals surface area (Å²) in [6.07, 6.45) is 2.93. The molecule has 0 bridgehead atoms. The van der Waals surface area contributed by atoms with Gasteiger partial charge in [-0.05, 0) is 68.5 Å². The zero-order chi connectivity index (χ0) is 19.1. The maximum atomic E-state index is 10.1. The average molecular weight is 370 g/mol. The van der Waals surface area contributed by atoms with Gasteiger partial charge >= 0.3 is 0 Å². The van der Waals surface area contributed by atoms with Crippen LogP contribution >= 0.6 is 0 Å². The Balaban J connectivity index is 1.60. The van der Waals surface area contributed by atoms with Crippen molar-refractivity contribution in [2.45, 2.75) is 32.7 Å². The maximum absolute atomic E-state index is 10.1. The predicted molar refractivity (Wildman–Crippen MR) is 108 cm³/mol. The summed E-state index contributed by atoms with van der Waals surface area (Å²) < 4.78 is 11.0. The van der Waals surface area contributed by atoms with E-state index in [0.717, 1.165) is 50.4 Å². The number of rotatable bonds is 8. The molecule has 27 heavy (non-hydrogen) atoms. The molecule has 1 saturated heterocycles. The zero-order valence-electron chi connectivity index (χ0n) is 16.5. The predicted octanol–water partition coefficient (Wildman–Crippen LogP) is 3.91. The average Bonchev–Trinajstić information content (AvgIpc) is 2.72. The molecule has 3 rings (SSSR count). The molecule has 2 aromatic carbocycles. The Labute approximate surface area is 162 Å². The summed E-state index contributed by atoms with van der Waals surface area (Å²) in [5.41, 5.74) is 2.48. The smallest absolute Gasteiger partial charge is 0.123 e. The second-order valence-corrected chi connectivity index (χ2v) is 7.50. The highest BCUT2D eigenvalue weighted by atomic mass is 16.5. The quantitative estimate of drug-likeness (QED) is 0.766. The van der Waals surface area contributed by atoms with Crippen molar-refractivity contribution in [3.63, 3.8) is 0 Å². The van der Waals surface area contributed by atoms with Crippen molar-refractivity contribution in [3.8, 4) is 11.5 Å². The third kappa shape index (κ3) is 5.02. The lowest BCUT2D eigenvalue weighted by atomic mass is 9.74. The summed E-state index contributed by atoms with van der Waals surface area (Å²) in [6, 6.07) is 16.5. The second-order valence-electron chi connectivity index (χ2n) is 7.50. The third-order valence-electron chi connectivity index (χ3n) is 5.66. The van der Waals surface area contributed by atoms with Crippen molar-refractivity contribution in [2.24, 2.45) is 5.41 Å². The highest BCUT2D eigenvalue weighted by Crippen LogP contribution is 2.36. The number of likely N-dealkylation sites (tertiary alicyclic amines) is 1. The first kappa shape index (κ1) is 19.7. The van der Waals surface area contributed by atoms with Crippen molar-refractivity contribution in [3.05, 3.63) is 59.7 Å². The molecule has 0 aliphatic carbocycles. The molecule has 0 amide bonds. The van der Waals surface area contributed by atoms with Crippen LogP contribution in [0, 0.1) is 5.41 Å². The van der Waals surface area contributed by atoms with Crippen LogP contribution in [0.1, 0.15) is 30.9 Å². The molecule has 0 unspecified atom stereocenters. The summed E-state index contributed by atoms with van der Waals surface area (Å²) in [5.74, 6) is 1.86. The summed E-state index contributed by atoms with van der Waals surface area (Å²) in [4.78, 5) is 2.47. The van der Waals surface area contributed by atoms with E-state index >= 15 is 0 Å². The van der Waals surface area contributed by atoms with Gasteiger partial charge in [0, 0.05) is 18.7 Å². The Kier molecular flexibility index (Phi) is 6.75. The number of piperidine rings is 1. The minimum Gasteiger partial charge on any atom is -0.497 e. The fourth-order valence-corrected chi connectivity index (χ4v) is 3.92. The molecule has 4 heteroatoms. The molecular weight excluding hydrogens is 338 g/mol. The van der Waals surface area contributed by atoms with E-state index < -0.39 is 0 Å². The van der Waals surface area contributed by atoms with Crippen LogP contribution in [0.4, 0.5) is 0 Å². The van der Waals surface area contributed by atoms with Crippen LogP contribution < -0.4 is 9.47 Å². The lowest BCUT2D eigenvalue weighted by Gasteiger charge is -2.41. The van der Waals surface area contributed by atoms with Crippen LogP contribution in [-0.2, 0) is 13.0 Å². The number of para-hydroxylation sites is 1. The fraction of sp³-hybridized carbons (Fsp3) is 0.478. The molecule has 1 heterocycles. The monoisotopic (exact) mass is 369 g/mol. The number of benzene rings is 2. The summed E-state index contributed by atoms with van der Waals surface area (Å²) >= 11 is 0. The lowest BCUT2D eigenvalue weighted by molar-refractivity contribution is 0.0410. The number of hydrogen-bond donors (Lipinski definition) is 1. The van der Waals surface area contributed by atoms with E-state index in [2.05, 4.69) is 29.2 Å². The van der Waals surface area contributed by atoms with Crippen LogP contribution in [0.25, 0.3) is 0 Å². The second kappa shape index (κ2) is 9.25. The van der Waals surface area contributed by atoms with Gasteiger partial charge in [0.25, 0.3) is 0 Å². The molecule has 1 aliphatic rings. The highest BCUT2D eigenvalue weighted by Gasteiger charge is 2.34. The molecule has 1 N–H and O–H groups in total. The maximum Gasteiger partial charge on any atom is 0.123 e. The largest absolute Gasteiger partial charge is 0.497 e. The Morgan fingerprint density at radius 2 is 1.74 bits per heavy atom.